The Balaban J connectivity index is 1.29. The maximum Gasteiger partial charge on any atom is 0.416 e. The number of ether oxygens (including phenoxy) is 1. The van der Waals surface area contributed by atoms with Crippen LogP contribution in [-0.2, 0) is 41.6 Å². The molecule has 2 aromatic rings. The second-order valence-corrected chi connectivity index (χ2v) is 7.95. The van der Waals surface area contributed by atoms with Gasteiger partial charge in [0.1, 0.15) is 17.8 Å². The van der Waals surface area contributed by atoms with Gasteiger partial charge in [-0.05, 0) is 30.5 Å². The van der Waals surface area contributed by atoms with Gasteiger partial charge in [-0.25, -0.2) is 0 Å². The van der Waals surface area contributed by atoms with Gasteiger partial charge in [-0.2, -0.15) is 13.2 Å². The fourth-order valence-corrected chi connectivity index (χ4v) is 4.02. The van der Waals surface area contributed by atoms with Gasteiger partial charge in [0, 0.05) is 52.2 Å². The van der Waals surface area contributed by atoms with Gasteiger partial charge in [-0.15, -0.1) is 10.2 Å². The van der Waals surface area contributed by atoms with E-state index in [-0.39, 0.29) is 12.0 Å². The highest BCUT2D eigenvalue weighted by Crippen LogP contribution is 2.29. The molecule has 0 aliphatic carbocycles. The summed E-state index contributed by atoms with van der Waals surface area (Å²) in [4.78, 5) is 14.3. The molecular weight excluding hydrogens is 411 g/mol. The summed E-state index contributed by atoms with van der Waals surface area (Å²) in [5, 5.41) is 11.5. The molecule has 2 aliphatic rings. The Kier molecular flexibility index (Phi) is 6.57. The van der Waals surface area contributed by atoms with Crippen LogP contribution in [0.1, 0.15) is 35.6 Å². The fraction of sp³-hybridized carbons (Fsp3) is 0.571. The minimum atomic E-state index is -4.32. The van der Waals surface area contributed by atoms with Gasteiger partial charge in [0.05, 0.1) is 5.56 Å². The number of rotatable bonds is 6. The zero-order valence-corrected chi connectivity index (χ0v) is 17.2. The van der Waals surface area contributed by atoms with Crippen molar-refractivity contribution in [1.29, 1.82) is 0 Å². The summed E-state index contributed by atoms with van der Waals surface area (Å²) in [6.07, 6.45) is -1.67. The highest BCUT2D eigenvalue weighted by molar-refractivity contribution is 5.80. The second-order valence-electron chi connectivity index (χ2n) is 7.95. The highest BCUT2D eigenvalue weighted by atomic mass is 19.4. The van der Waals surface area contributed by atoms with E-state index in [4.69, 9.17) is 4.74 Å². The Morgan fingerprint density at radius 1 is 1.16 bits per heavy atom. The number of nitrogens with one attached hydrogen (secondary N) is 1. The molecule has 2 aliphatic heterocycles. The van der Waals surface area contributed by atoms with Crippen molar-refractivity contribution in [3.05, 3.63) is 47.0 Å². The van der Waals surface area contributed by atoms with Crippen LogP contribution < -0.4 is 5.32 Å². The van der Waals surface area contributed by atoms with E-state index in [1.54, 1.807) is 0 Å². The number of benzene rings is 1. The molecule has 1 unspecified atom stereocenters. The zero-order chi connectivity index (χ0) is 21.8. The number of hydrogen-bond acceptors (Lipinski definition) is 5. The highest BCUT2D eigenvalue weighted by Gasteiger charge is 2.30. The molecule has 1 aromatic carbocycles. The molecule has 1 amide bonds. The number of aromatic nitrogens is 3. The molecule has 0 radical (unpaired) electrons. The van der Waals surface area contributed by atoms with E-state index < -0.39 is 11.7 Å². The lowest BCUT2D eigenvalue weighted by molar-refractivity contribution is -0.137. The van der Waals surface area contributed by atoms with Crippen LogP contribution in [0, 0.1) is 0 Å². The topological polar surface area (TPSA) is 72.3 Å². The van der Waals surface area contributed by atoms with Gasteiger partial charge in [-0.1, -0.05) is 12.1 Å². The van der Waals surface area contributed by atoms with Crippen molar-refractivity contribution in [2.24, 2.45) is 0 Å². The van der Waals surface area contributed by atoms with Crippen LogP contribution in [0.2, 0.25) is 0 Å². The van der Waals surface area contributed by atoms with Crippen molar-refractivity contribution >= 4 is 5.91 Å². The lowest BCUT2D eigenvalue weighted by atomic mass is 10.1. The second kappa shape index (κ2) is 9.35. The van der Waals surface area contributed by atoms with E-state index in [1.807, 2.05) is 0 Å². The van der Waals surface area contributed by atoms with Crippen molar-refractivity contribution < 1.29 is 22.7 Å². The van der Waals surface area contributed by atoms with Crippen LogP contribution in [0.15, 0.2) is 24.3 Å². The van der Waals surface area contributed by atoms with Gasteiger partial charge in [-0.3, -0.25) is 9.69 Å². The van der Waals surface area contributed by atoms with Crippen molar-refractivity contribution in [3.8, 4) is 0 Å². The third kappa shape index (κ3) is 5.43. The largest absolute Gasteiger partial charge is 0.416 e. The summed E-state index contributed by atoms with van der Waals surface area (Å²) >= 11 is 0. The number of hydrogen-bond donors (Lipinski definition) is 1. The minimum Gasteiger partial charge on any atom is -0.368 e. The first-order valence-electron chi connectivity index (χ1n) is 10.6. The molecule has 1 aromatic heterocycles. The third-order valence-electron chi connectivity index (χ3n) is 5.75. The average Bonchev–Trinajstić information content (AvgIpc) is 3.36. The molecule has 31 heavy (non-hydrogen) atoms. The van der Waals surface area contributed by atoms with Gasteiger partial charge >= 0.3 is 6.18 Å². The number of nitrogens with zero attached hydrogens (tertiary/aromatic N) is 4. The van der Waals surface area contributed by atoms with Crippen LogP contribution in [-0.4, -0.2) is 57.9 Å². The Labute approximate surface area is 178 Å². The quantitative estimate of drug-likeness (QED) is 0.750. The number of carbonyl (C=O) groups excluding carboxylic acids is 1. The fourth-order valence-electron chi connectivity index (χ4n) is 4.02. The Bertz CT molecular complexity index is 891. The van der Waals surface area contributed by atoms with Gasteiger partial charge < -0.3 is 14.6 Å². The summed E-state index contributed by atoms with van der Waals surface area (Å²) in [6, 6.07) is 5.34. The Morgan fingerprint density at radius 3 is 2.68 bits per heavy atom. The lowest BCUT2D eigenvalue weighted by Gasteiger charge is -2.20. The first kappa shape index (κ1) is 21.8. The number of carbonyl (C=O) groups is 1. The predicted octanol–water partition coefficient (Wildman–Crippen LogP) is 2.19. The summed E-state index contributed by atoms with van der Waals surface area (Å²) in [7, 11) is 0. The van der Waals surface area contributed by atoms with E-state index in [0.29, 0.717) is 32.7 Å². The smallest absolute Gasteiger partial charge is 0.368 e. The normalized spacial score (nSPS) is 19.8. The molecule has 0 spiro atoms. The SMILES string of the molecule is O=C(NCCc1nnc2n1CCN(Cc1ccc(C(F)(F)F)cc1)CC2)C1CCCO1. The molecule has 1 N–H and O–H groups in total. The Morgan fingerprint density at radius 2 is 1.97 bits per heavy atom. The summed E-state index contributed by atoms with van der Waals surface area (Å²) < 4.78 is 45.7. The standard InChI is InChI=1S/C21H26F3N5O2/c22-21(23,24)16-5-3-15(4-6-16)14-28-10-8-19-27-26-18(29(19)12-11-28)7-9-25-20(30)17-2-1-13-31-17/h3-6,17H,1-2,7-14H2,(H,25,30). The van der Waals surface area contributed by atoms with Crippen molar-refractivity contribution in [3.63, 3.8) is 0 Å². The number of alkyl halides is 3. The molecule has 0 bridgehead atoms. The van der Waals surface area contributed by atoms with Crippen LogP contribution in [0.4, 0.5) is 13.2 Å². The van der Waals surface area contributed by atoms with Crippen molar-refractivity contribution in [1.82, 2.24) is 25.0 Å². The first-order chi connectivity index (χ1) is 14.9. The Hall–Kier alpha value is -2.46. The van der Waals surface area contributed by atoms with Crippen molar-refractivity contribution in [2.45, 2.75) is 51.1 Å². The zero-order valence-electron chi connectivity index (χ0n) is 17.2. The number of halogens is 3. The van der Waals surface area contributed by atoms with Crippen LogP contribution in [0.5, 0.6) is 0 Å². The van der Waals surface area contributed by atoms with E-state index >= 15 is 0 Å². The van der Waals surface area contributed by atoms with Crippen LogP contribution in [0.3, 0.4) is 0 Å². The molecule has 0 saturated carbocycles. The molecule has 4 rings (SSSR count). The lowest BCUT2D eigenvalue weighted by Crippen LogP contribution is -2.35. The average molecular weight is 437 g/mol. The van der Waals surface area contributed by atoms with E-state index in [0.717, 1.165) is 61.7 Å². The third-order valence-corrected chi connectivity index (χ3v) is 5.75. The van der Waals surface area contributed by atoms with Crippen LogP contribution >= 0.6 is 0 Å². The molecular formula is C21H26F3N5O2. The maximum absolute atomic E-state index is 12.7. The minimum absolute atomic E-state index is 0.0733. The predicted molar refractivity (Wildman–Crippen MR) is 106 cm³/mol. The van der Waals surface area contributed by atoms with Crippen LogP contribution in [0.25, 0.3) is 0 Å². The van der Waals surface area contributed by atoms with Gasteiger partial charge in [0.2, 0.25) is 5.91 Å². The molecule has 3 heterocycles. The number of fused-ring (bicyclic) bond motifs is 1. The first-order valence-corrected chi connectivity index (χ1v) is 10.6. The summed E-state index contributed by atoms with van der Waals surface area (Å²) in [5.74, 6) is 1.66. The monoisotopic (exact) mass is 437 g/mol. The molecule has 7 nitrogen and oxygen atoms in total. The summed E-state index contributed by atoms with van der Waals surface area (Å²) in [5.41, 5.74) is 0.220. The molecule has 1 saturated heterocycles. The molecule has 168 valence electrons. The van der Waals surface area contributed by atoms with E-state index in [1.165, 1.54) is 12.1 Å². The van der Waals surface area contributed by atoms with E-state index in [2.05, 4.69) is 25.0 Å². The summed E-state index contributed by atoms with van der Waals surface area (Å²) in [6.45, 7) is 3.92. The number of amides is 1. The van der Waals surface area contributed by atoms with Crippen molar-refractivity contribution in [2.75, 3.05) is 26.2 Å². The van der Waals surface area contributed by atoms with E-state index in [9.17, 15) is 18.0 Å². The maximum atomic E-state index is 12.7. The molecule has 1 atom stereocenters. The molecule has 1 fully saturated rings. The van der Waals surface area contributed by atoms with Gasteiger partial charge in [0.15, 0.2) is 0 Å². The van der Waals surface area contributed by atoms with Gasteiger partial charge in [0.25, 0.3) is 0 Å². The molecule has 10 heteroatoms.